The van der Waals surface area contributed by atoms with Crippen molar-refractivity contribution in [1.29, 1.82) is 0 Å². The SMILES string of the molecule is Cc1c(C)c(C)c(C2(C(C)(C)C)OC(=NCC(C)(C)C)Nc3ccc(Cl)cc32)c(C)c1C. The van der Waals surface area contributed by atoms with Crippen LogP contribution in [0.25, 0.3) is 0 Å². The summed E-state index contributed by atoms with van der Waals surface area (Å²) in [5.74, 6) is 0. The molecule has 2 aromatic carbocycles. The molecule has 0 aromatic heterocycles. The third-order valence-corrected chi connectivity index (χ3v) is 7.19. The second-order valence-electron chi connectivity index (χ2n) is 11.5. The van der Waals surface area contributed by atoms with Crippen LogP contribution in [0, 0.1) is 45.4 Å². The van der Waals surface area contributed by atoms with Crippen molar-refractivity contribution in [1.82, 2.24) is 0 Å². The molecule has 1 unspecified atom stereocenters. The molecule has 0 radical (unpaired) electrons. The average molecular weight is 455 g/mol. The molecule has 4 heteroatoms. The van der Waals surface area contributed by atoms with Crippen LogP contribution in [0.1, 0.15) is 80.5 Å². The van der Waals surface area contributed by atoms with Crippen LogP contribution in [0.5, 0.6) is 0 Å². The Balaban J connectivity index is 2.45. The number of hydrogen-bond acceptors (Lipinski definition) is 2. The zero-order chi connectivity index (χ0) is 24.2. The van der Waals surface area contributed by atoms with Crippen molar-refractivity contribution in [2.45, 2.75) is 81.8 Å². The highest BCUT2D eigenvalue weighted by Crippen LogP contribution is 2.55. The Morgan fingerprint density at radius 2 is 1.41 bits per heavy atom. The molecule has 0 amide bonds. The van der Waals surface area contributed by atoms with Crippen molar-refractivity contribution < 1.29 is 4.74 Å². The second-order valence-corrected chi connectivity index (χ2v) is 12.0. The van der Waals surface area contributed by atoms with Gasteiger partial charge in [-0.3, -0.25) is 0 Å². The molecular formula is C28H39ClN2O. The topological polar surface area (TPSA) is 33.6 Å². The van der Waals surface area contributed by atoms with E-state index < -0.39 is 5.60 Å². The summed E-state index contributed by atoms with van der Waals surface area (Å²) in [6.07, 6.45) is 0. The van der Waals surface area contributed by atoms with E-state index in [-0.39, 0.29) is 10.8 Å². The van der Waals surface area contributed by atoms with Crippen molar-refractivity contribution in [3.63, 3.8) is 0 Å². The number of benzene rings is 2. The largest absolute Gasteiger partial charge is 0.448 e. The Morgan fingerprint density at radius 1 is 0.875 bits per heavy atom. The first-order valence-corrected chi connectivity index (χ1v) is 11.9. The van der Waals surface area contributed by atoms with Gasteiger partial charge in [0, 0.05) is 33.8 Å². The number of ether oxygens (including phenoxy) is 1. The van der Waals surface area contributed by atoms with Crippen LogP contribution in [0.2, 0.25) is 5.02 Å². The number of hydrogen-bond donors (Lipinski definition) is 1. The Morgan fingerprint density at radius 3 is 1.91 bits per heavy atom. The average Bonchev–Trinajstić information content (AvgIpc) is 2.68. The predicted molar refractivity (Wildman–Crippen MR) is 138 cm³/mol. The van der Waals surface area contributed by atoms with Gasteiger partial charge in [0.15, 0.2) is 5.60 Å². The third kappa shape index (κ3) is 4.05. The molecule has 1 N–H and O–H groups in total. The summed E-state index contributed by atoms with van der Waals surface area (Å²) in [5, 5.41) is 4.14. The molecule has 174 valence electrons. The summed E-state index contributed by atoms with van der Waals surface area (Å²) < 4.78 is 6.99. The van der Waals surface area contributed by atoms with E-state index in [2.05, 4.69) is 87.5 Å². The van der Waals surface area contributed by atoms with Crippen LogP contribution in [0.4, 0.5) is 5.69 Å². The lowest BCUT2D eigenvalue weighted by Gasteiger charge is -2.50. The van der Waals surface area contributed by atoms with E-state index in [0.717, 1.165) is 11.3 Å². The number of rotatable bonds is 2. The number of aliphatic imine (C=N–C) groups is 1. The van der Waals surface area contributed by atoms with Gasteiger partial charge in [0.25, 0.3) is 6.02 Å². The van der Waals surface area contributed by atoms with Crippen LogP contribution in [-0.4, -0.2) is 12.6 Å². The van der Waals surface area contributed by atoms with E-state index in [4.69, 9.17) is 21.3 Å². The van der Waals surface area contributed by atoms with E-state index in [1.54, 1.807) is 0 Å². The molecule has 32 heavy (non-hydrogen) atoms. The van der Waals surface area contributed by atoms with Crippen molar-refractivity contribution >= 4 is 23.3 Å². The van der Waals surface area contributed by atoms with E-state index in [1.165, 1.54) is 33.4 Å². The maximum absolute atomic E-state index is 6.99. The Kier molecular flexibility index (Phi) is 6.23. The minimum absolute atomic E-state index is 0.0611. The first-order chi connectivity index (χ1) is 14.6. The summed E-state index contributed by atoms with van der Waals surface area (Å²) in [7, 11) is 0. The quantitative estimate of drug-likeness (QED) is 0.498. The minimum Gasteiger partial charge on any atom is -0.448 e. The van der Waals surface area contributed by atoms with Gasteiger partial charge < -0.3 is 10.1 Å². The van der Waals surface area contributed by atoms with Gasteiger partial charge in [-0.25, -0.2) is 4.99 Å². The minimum atomic E-state index is -0.743. The first kappa shape index (κ1) is 24.6. The van der Waals surface area contributed by atoms with Gasteiger partial charge in [-0.15, -0.1) is 0 Å². The Hall–Kier alpha value is -2.00. The maximum Gasteiger partial charge on any atom is 0.290 e. The summed E-state index contributed by atoms with van der Waals surface area (Å²) in [6, 6.07) is 6.60. The highest BCUT2D eigenvalue weighted by molar-refractivity contribution is 6.30. The van der Waals surface area contributed by atoms with Crippen LogP contribution in [0.3, 0.4) is 0 Å². The lowest BCUT2D eigenvalue weighted by atomic mass is 9.64. The van der Waals surface area contributed by atoms with Crippen molar-refractivity contribution in [2.75, 3.05) is 11.9 Å². The molecule has 0 saturated carbocycles. The summed E-state index contributed by atoms with van der Waals surface area (Å²) in [4.78, 5) is 4.88. The maximum atomic E-state index is 6.99. The highest BCUT2D eigenvalue weighted by Gasteiger charge is 2.53. The van der Waals surface area contributed by atoms with Crippen LogP contribution >= 0.6 is 11.6 Å². The molecular weight excluding hydrogens is 416 g/mol. The zero-order valence-electron chi connectivity index (χ0n) is 21.7. The van der Waals surface area contributed by atoms with Crippen molar-refractivity contribution in [3.05, 3.63) is 62.2 Å². The number of fused-ring (bicyclic) bond motifs is 1. The van der Waals surface area contributed by atoms with E-state index >= 15 is 0 Å². The van der Waals surface area contributed by atoms with Gasteiger partial charge >= 0.3 is 0 Å². The molecule has 0 bridgehead atoms. The molecule has 0 fully saturated rings. The molecule has 0 saturated heterocycles. The molecule has 3 nitrogen and oxygen atoms in total. The second kappa shape index (κ2) is 8.09. The Labute approximate surface area is 199 Å². The molecule has 1 heterocycles. The van der Waals surface area contributed by atoms with Crippen LogP contribution in [0.15, 0.2) is 23.2 Å². The number of halogens is 1. The number of nitrogens with zero attached hydrogens (tertiary/aromatic N) is 1. The number of anilines is 1. The van der Waals surface area contributed by atoms with Crippen molar-refractivity contribution in [3.8, 4) is 0 Å². The first-order valence-electron chi connectivity index (χ1n) is 11.5. The van der Waals surface area contributed by atoms with Crippen LogP contribution in [-0.2, 0) is 10.3 Å². The normalized spacial score (nSPS) is 20.1. The molecule has 2 aromatic rings. The van der Waals surface area contributed by atoms with Gasteiger partial charge in [-0.05, 0) is 86.1 Å². The number of nitrogens with one attached hydrogen (secondary N) is 1. The zero-order valence-corrected chi connectivity index (χ0v) is 22.4. The molecule has 0 spiro atoms. The fraction of sp³-hybridized carbons (Fsp3) is 0.536. The predicted octanol–water partition coefficient (Wildman–Crippen LogP) is 8.02. The molecule has 1 aliphatic rings. The van der Waals surface area contributed by atoms with Gasteiger partial charge in [0.1, 0.15) is 0 Å². The standard InChI is InChI=1S/C28H39ClN2O/c1-16-17(2)19(4)24(20(5)18(16)3)28(27(9,10)11)22-14-21(29)12-13-23(22)31-25(32-28)30-15-26(6,7)8/h12-14H,15H2,1-11H3,(H,30,31). The fourth-order valence-electron chi connectivity index (χ4n) is 4.78. The van der Waals surface area contributed by atoms with E-state index in [1.807, 2.05) is 12.1 Å². The van der Waals surface area contributed by atoms with Gasteiger partial charge in [-0.2, -0.15) is 0 Å². The monoisotopic (exact) mass is 454 g/mol. The third-order valence-electron chi connectivity index (χ3n) is 6.96. The summed E-state index contributed by atoms with van der Waals surface area (Å²) in [5.41, 5.74) is 8.81. The molecule has 1 atom stereocenters. The fourth-order valence-corrected chi connectivity index (χ4v) is 4.96. The lowest BCUT2D eigenvalue weighted by molar-refractivity contribution is -0.0168. The Bertz CT molecular complexity index is 1060. The van der Waals surface area contributed by atoms with E-state index in [9.17, 15) is 0 Å². The van der Waals surface area contributed by atoms with Crippen molar-refractivity contribution in [2.24, 2.45) is 15.8 Å². The highest BCUT2D eigenvalue weighted by atomic mass is 35.5. The van der Waals surface area contributed by atoms with Crippen LogP contribution < -0.4 is 5.32 Å². The van der Waals surface area contributed by atoms with Gasteiger partial charge in [-0.1, -0.05) is 53.1 Å². The summed E-state index contributed by atoms with van der Waals surface area (Å²) >= 11 is 6.55. The van der Waals surface area contributed by atoms with E-state index in [0.29, 0.717) is 17.6 Å². The van der Waals surface area contributed by atoms with Gasteiger partial charge in [0.2, 0.25) is 0 Å². The molecule has 1 aliphatic heterocycles. The summed E-state index contributed by atoms with van der Waals surface area (Å²) in [6.45, 7) is 25.0. The molecule has 3 rings (SSSR count). The molecule has 0 aliphatic carbocycles. The number of amidine groups is 1. The van der Waals surface area contributed by atoms with Gasteiger partial charge in [0.05, 0.1) is 0 Å². The smallest absolute Gasteiger partial charge is 0.290 e. The lowest BCUT2D eigenvalue weighted by Crippen LogP contribution is -2.51.